The predicted octanol–water partition coefficient (Wildman–Crippen LogP) is 0.564. The van der Waals surface area contributed by atoms with E-state index >= 15 is 0 Å². The Morgan fingerprint density at radius 3 is 1.50 bits per heavy atom. The number of halogens is 3. The fourth-order valence-corrected chi connectivity index (χ4v) is 2.51. The van der Waals surface area contributed by atoms with E-state index in [1.807, 2.05) is 0 Å². The molecule has 0 aromatic rings. The molecule has 0 heterocycles. The Labute approximate surface area is 68.0 Å². The molecule has 0 amide bonds. The number of alkyl halides is 3. The highest BCUT2D eigenvalue weighted by Crippen LogP contribution is 2.25. The molecule has 0 unspecified atom stereocenters. The fraction of sp³-hybridized carbons (Fsp3) is 1.00. The minimum absolute atomic E-state index is 0.802. The summed E-state index contributed by atoms with van der Waals surface area (Å²) in [5.74, 6) is 0. The predicted molar refractivity (Wildman–Crippen MR) is 37.4 cm³/mol. The lowest BCUT2D eigenvalue weighted by atomic mass is 11.6. The standard InChI is InChI=1S/C3H6F3NO3S2/c1-11(2,8)7-12(9,10)3(4,5)6/h1-2H3. The number of nitrogens with zero attached hydrogens (tertiary/aromatic N) is 1. The molecule has 0 N–H and O–H groups in total. The van der Waals surface area contributed by atoms with Crippen LogP contribution >= 0.6 is 0 Å². The van der Waals surface area contributed by atoms with Crippen LogP contribution in [0.1, 0.15) is 0 Å². The summed E-state index contributed by atoms with van der Waals surface area (Å²) in [5.41, 5.74) is -5.47. The van der Waals surface area contributed by atoms with Gasteiger partial charge in [-0.25, -0.2) is 4.21 Å². The van der Waals surface area contributed by atoms with Crippen LogP contribution in [0.2, 0.25) is 0 Å². The molecule has 0 aliphatic rings. The summed E-state index contributed by atoms with van der Waals surface area (Å²) in [6.45, 7) is 0. The van der Waals surface area contributed by atoms with Crippen molar-refractivity contribution in [3.63, 3.8) is 0 Å². The maximum absolute atomic E-state index is 11.6. The molecule has 0 aromatic carbocycles. The third kappa shape index (κ3) is 3.39. The molecule has 0 aromatic heterocycles. The molecule has 0 fully saturated rings. The Morgan fingerprint density at radius 2 is 1.42 bits per heavy atom. The number of hydrogen-bond donors (Lipinski definition) is 0. The van der Waals surface area contributed by atoms with Gasteiger partial charge < -0.3 is 0 Å². The maximum Gasteiger partial charge on any atom is 0.519 e. The normalized spacial score (nSPS) is 14.4. The molecule has 74 valence electrons. The van der Waals surface area contributed by atoms with Crippen molar-refractivity contribution in [2.24, 2.45) is 3.77 Å². The molecule has 0 aliphatic carbocycles. The zero-order valence-electron chi connectivity index (χ0n) is 6.12. The first-order valence-electron chi connectivity index (χ1n) is 2.45. The van der Waals surface area contributed by atoms with Gasteiger partial charge >= 0.3 is 15.5 Å². The Morgan fingerprint density at radius 1 is 1.08 bits per heavy atom. The first-order valence-corrected chi connectivity index (χ1v) is 6.22. The summed E-state index contributed by atoms with van der Waals surface area (Å²) in [6.07, 6.45) is 1.60. The summed E-state index contributed by atoms with van der Waals surface area (Å²) in [4.78, 5) is 0. The number of hydrogen-bond acceptors (Lipinski definition) is 3. The Bertz CT molecular complexity index is 364. The topological polar surface area (TPSA) is 63.6 Å². The van der Waals surface area contributed by atoms with Crippen molar-refractivity contribution in [2.45, 2.75) is 5.51 Å². The van der Waals surface area contributed by atoms with Gasteiger partial charge in [-0.2, -0.15) is 21.6 Å². The zero-order chi connectivity index (χ0) is 10.2. The molecule has 0 aliphatic heterocycles. The zero-order valence-corrected chi connectivity index (χ0v) is 7.76. The van der Waals surface area contributed by atoms with Crippen LogP contribution in [-0.2, 0) is 19.8 Å². The summed E-state index contributed by atoms with van der Waals surface area (Å²) in [6, 6.07) is 0. The van der Waals surface area contributed by atoms with Crippen LogP contribution < -0.4 is 0 Å². The van der Waals surface area contributed by atoms with Crippen LogP contribution in [-0.4, -0.2) is 30.6 Å². The molecule has 9 heteroatoms. The van der Waals surface area contributed by atoms with Crippen molar-refractivity contribution in [3.8, 4) is 0 Å². The summed E-state index contributed by atoms with van der Waals surface area (Å²) >= 11 is 0. The average molecular weight is 225 g/mol. The van der Waals surface area contributed by atoms with E-state index < -0.39 is 25.3 Å². The van der Waals surface area contributed by atoms with E-state index in [4.69, 9.17) is 0 Å². The molecule has 0 atom stereocenters. The van der Waals surface area contributed by atoms with Gasteiger partial charge in [0.1, 0.15) is 0 Å². The highest BCUT2D eigenvalue weighted by molar-refractivity contribution is 8.02. The maximum atomic E-state index is 11.6. The third-order valence-electron chi connectivity index (χ3n) is 0.570. The van der Waals surface area contributed by atoms with Crippen LogP contribution in [0.3, 0.4) is 0 Å². The molecule has 0 rings (SSSR count). The van der Waals surface area contributed by atoms with Crippen LogP contribution in [0.4, 0.5) is 13.2 Å². The molecule has 4 nitrogen and oxygen atoms in total. The second kappa shape index (κ2) is 2.87. The largest absolute Gasteiger partial charge is 0.519 e. The minimum Gasteiger partial charge on any atom is -0.249 e. The van der Waals surface area contributed by atoms with Gasteiger partial charge in [-0.15, -0.1) is 3.77 Å². The van der Waals surface area contributed by atoms with Crippen molar-refractivity contribution in [2.75, 3.05) is 12.5 Å². The number of rotatable bonds is 1. The summed E-state index contributed by atoms with van der Waals surface area (Å²) in [5, 5.41) is 0. The molecule has 0 bridgehead atoms. The van der Waals surface area contributed by atoms with Crippen LogP contribution in [0.5, 0.6) is 0 Å². The smallest absolute Gasteiger partial charge is 0.249 e. The van der Waals surface area contributed by atoms with Crippen LogP contribution in [0.15, 0.2) is 3.77 Å². The number of sulfonamides is 1. The molecule has 0 radical (unpaired) electrons. The highest BCUT2D eigenvalue weighted by Gasteiger charge is 2.46. The Hall–Kier alpha value is -0.310. The van der Waals surface area contributed by atoms with Crippen molar-refractivity contribution in [1.29, 1.82) is 0 Å². The second-order valence-corrected chi connectivity index (χ2v) is 6.55. The van der Waals surface area contributed by atoms with Crippen molar-refractivity contribution < 1.29 is 25.8 Å². The molecule has 0 saturated carbocycles. The van der Waals surface area contributed by atoms with Gasteiger partial charge in [-0.1, -0.05) is 0 Å². The highest BCUT2D eigenvalue weighted by atomic mass is 32.3. The van der Waals surface area contributed by atoms with Crippen molar-refractivity contribution >= 4 is 19.8 Å². The minimum atomic E-state index is -5.61. The SMILES string of the molecule is CS(C)(=O)=NS(=O)(=O)C(F)(F)F. The van der Waals surface area contributed by atoms with E-state index in [9.17, 15) is 25.8 Å². The lowest BCUT2D eigenvalue weighted by Gasteiger charge is -2.02. The van der Waals surface area contributed by atoms with Gasteiger partial charge in [0.05, 0.1) is 9.73 Å². The van der Waals surface area contributed by atoms with Gasteiger partial charge in [-0.05, 0) is 0 Å². The quantitative estimate of drug-likeness (QED) is 0.655. The van der Waals surface area contributed by atoms with Crippen LogP contribution in [0, 0.1) is 0 Å². The lowest BCUT2D eigenvalue weighted by Crippen LogP contribution is -2.21. The van der Waals surface area contributed by atoms with E-state index in [-0.39, 0.29) is 0 Å². The van der Waals surface area contributed by atoms with Gasteiger partial charge in [0, 0.05) is 12.5 Å². The molecule has 12 heavy (non-hydrogen) atoms. The average Bonchev–Trinajstić information content (AvgIpc) is 1.52. The summed E-state index contributed by atoms with van der Waals surface area (Å²) < 4.78 is 67.9. The van der Waals surface area contributed by atoms with Crippen molar-refractivity contribution in [3.05, 3.63) is 0 Å². The van der Waals surface area contributed by atoms with E-state index in [1.54, 1.807) is 0 Å². The van der Waals surface area contributed by atoms with Gasteiger partial charge in [0.15, 0.2) is 0 Å². The Kier molecular flexibility index (Phi) is 2.80. The molecule has 0 spiro atoms. The van der Waals surface area contributed by atoms with E-state index in [2.05, 4.69) is 3.77 Å². The van der Waals surface area contributed by atoms with Gasteiger partial charge in [0.25, 0.3) is 0 Å². The van der Waals surface area contributed by atoms with E-state index in [1.165, 1.54) is 0 Å². The monoisotopic (exact) mass is 225 g/mol. The van der Waals surface area contributed by atoms with Crippen LogP contribution in [0.25, 0.3) is 0 Å². The molecule has 0 saturated heterocycles. The third-order valence-corrected chi connectivity index (χ3v) is 3.38. The molecular formula is C3H6F3NO3S2. The first-order chi connectivity index (χ1) is 4.96. The van der Waals surface area contributed by atoms with Gasteiger partial charge in [0.2, 0.25) is 0 Å². The fourth-order valence-electron chi connectivity index (χ4n) is 0.279. The molecular weight excluding hydrogens is 219 g/mol. The first kappa shape index (κ1) is 11.7. The van der Waals surface area contributed by atoms with E-state index in [0.717, 1.165) is 12.5 Å². The van der Waals surface area contributed by atoms with Crippen molar-refractivity contribution in [1.82, 2.24) is 0 Å². The Balaban J connectivity index is 5.38. The lowest BCUT2D eigenvalue weighted by molar-refractivity contribution is -0.0434. The summed E-state index contributed by atoms with van der Waals surface area (Å²) in [7, 11) is -8.90. The second-order valence-electron chi connectivity index (χ2n) is 2.18. The van der Waals surface area contributed by atoms with E-state index in [0.29, 0.717) is 0 Å². The van der Waals surface area contributed by atoms with Gasteiger partial charge in [-0.3, -0.25) is 0 Å².